The minimum absolute atomic E-state index is 0.116. The van der Waals surface area contributed by atoms with Crippen LogP contribution in [0.25, 0.3) is 0 Å². The third-order valence-electron chi connectivity index (χ3n) is 4.38. The molecule has 0 aliphatic heterocycles. The Labute approximate surface area is 130 Å². The van der Waals surface area contributed by atoms with Crippen molar-refractivity contribution < 1.29 is 4.74 Å². The number of methoxy groups -OCH3 is 1. The molecule has 1 rings (SSSR count). The molecule has 0 saturated heterocycles. The predicted octanol–water partition coefficient (Wildman–Crippen LogP) is 3.84. The van der Waals surface area contributed by atoms with Crippen molar-refractivity contribution in [2.24, 2.45) is 11.7 Å². The van der Waals surface area contributed by atoms with E-state index in [1.165, 1.54) is 12.0 Å². The van der Waals surface area contributed by atoms with Gasteiger partial charge in [-0.3, -0.25) is 4.90 Å². The van der Waals surface area contributed by atoms with E-state index in [1.54, 1.807) is 7.11 Å². The highest BCUT2D eigenvalue weighted by Gasteiger charge is 2.27. The van der Waals surface area contributed by atoms with Crippen LogP contribution in [-0.2, 0) is 0 Å². The highest BCUT2D eigenvalue weighted by molar-refractivity contribution is 5.36. The molecular weight excluding hydrogens is 260 g/mol. The van der Waals surface area contributed by atoms with Crippen molar-refractivity contribution in [3.8, 4) is 5.75 Å². The Bertz CT molecular complexity index is 408. The molecule has 120 valence electrons. The first-order valence-corrected chi connectivity index (χ1v) is 8.21. The van der Waals surface area contributed by atoms with E-state index in [4.69, 9.17) is 10.5 Å². The second kappa shape index (κ2) is 9.06. The summed E-state index contributed by atoms with van der Waals surface area (Å²) in [5.41, 5.74) is 7.68. The molecule has 0 fully saturated rings. The number of nitrogens with two attached hydrogens (primary N) is 1. The average molecular weight is 292 g/mol. The van der Waals surface area contributed by atoms with Crippen molar-refractivity contribution >= 4 is 0 Å². The van der Waals surface area contributed by atoms with Gasteiger partial charge in [-0.15, -0.1) is 0 Å². The standard InChI is InChI=1S/C18H32N2O/c1-6-14(4)13-20(8-3)18(16(19)7-2)15-11-9-10-12-17(15)21-5/h9-12,14,16,18H,6-8,13,19H2,1-5H3. The molecule has 3 unspecified atom stereocenters. The van der Waals surface area contributed by atoms with Crippen LogP contribution in [0.5, 0.6) is 5.75 Å². The molecule has 3 atom stereocenters. The summed E-state index contributed by atoms with van der Waals surface area (Å²) in [7, 11) is 1.73. The Morgan fingerprint density at radius 1 is 1.14 bits per heavy atom. The zero-order chi connectivity index (χ0) is 15.8. The van der Waals surface area contributed by atoms with Crippen molar-refractivity contribution in [1.29, 1.82) is 0 Å². The number of ether oxygens (including phenoxy) is 1. The summed E-state index contributed by atoms with van der Waals surface area (Å²) in [5, 5.41) is 0. The molecule has 1 aromatic carbocycles. The average Bonchev–Trinajstić information content (AvgIpc) is 2.53. The minimum Gasteiger partial charge on any atom is -0.496 e. The number of rotatable bonds is 9. The zero-order valence-electron chi connectivity index (χ0n) is 14.3. The fourth-order valence-corrected chi connectivity index (χ4v) is 2.80. The first-order chi connectivity index (χ1) is 10.1. The van der Waals surface area contributed by atoms with Crippen LogP contribution in [0.15, 0.2) is 24.3 Å². The van der Waals surface area contributed by atoms with Gasteiger partial charge in [-0.2, -0.15) is 0 Å². The summed E-state index contributed by atoms with van der Waals surface area (Å²) >= 11 is 0. The second-order valence-electron chi connectivity index (χ2n) is 5.86. The summed E-state index contributed by atoms with van der Waals surface area (Å²) in [6.45, 7) is 11.0. The Morgan fingerprint density at radius 2 is 1.81 bits per heavy atom. The number of hydrogen-bond acceptors (Lipinski definition) is 3. The topological polar surface area (TPSA) is 38.5 Å². The summed E-state index contributed by atoms with van der Waals surface area (Å²) in [6, 6.07) is 8.60. The summed E-state index contributed by atoms with van der Waals surface area (Å²) in [6.07, 6.45) is 2.15. The van der Waals surface area contributed by atoms with Crippen molar-refractivity contribution in [3.05, 3.63) is 29.8 Å². The highest BCUT2D eigenvalue weighted by atomic mass is 16.5. The lowest BCUT2D eigenvalue weighted by atomic mass is 9.94. The molecule has 0 spiro atoms. The van der Waals surface area contributed by atoms with Gasteiger partial charge in [-0.25, -0.2) is 0 Å². The Kier molecular flexibility index (Phi) is 7.76. The largest absolute Gasteiger partial charge is 0.496 e. The molecule has 0 aromatic heterocycles. The van der Waals surface area contributed by atoms with E-state index in [0.717, 1.165) is 25.3 Å². The van der Waals surface area contributed by atoms with Crippen LogP contribution in [0.4, 0.5) is 0 Å². The SMILES string of the molecule is CCC(C)CN(CC)C(c1ccccc1OC)C(N)CC. The van der Waals surface area contributed by atoms with Crippen molar-refractivity contribution in [3.63, 3.8) is 0 Å². The first-order valence-electron chi connectivity index (χ1n) is 8.21. The van der Waals surface area contributed by atoms with Crippen LogP contribution in [0.3, 0.4) is 0 Å². The molecule has 0 aliphatic carbocycles. The Balaban J connectivity index is 3.14. The number of nitrogens with zero attached hydrogens (tertiary/aromatic N) is 1. The maximum Gasteiger partial charge on any atom is 0.123 e. The van der Waals surface area contributed by atoms with E-state index in [9.17, 15) is 0 Å². The highest BCUT2D eigenvalue weighted by Crippen LogP contribution is 2.32. The van der Waals surface area contributed by atoms with Gasteiger partial charge in [0, 0.05) is 18.2 Å². The molecule has 3 heteroatoms. The van der Waals surface area contributed by atoms with Crippen molar-refractivity contribution in [2.75, 3.05) is 20.2 Å². The van der Waals surface area contributed by atoms with Crippen LogP contribution < -0.4 is 10.5 Å². The van der Waals surface area contributed by atoms with E-state index in [2.05, 4.69) is 44.7 Å². The second-order valence-corrected chi connectivity index (χ2v) is 5.86. The van der Waals surface area contributed by atoms with Crippen molar-refractivity contribution in [1.82, 2.24) is 4.90 Å². The molecule has 0 bridgehead atoms. The maximum absolute atomic E-state index is 6.47. The van der Waals surface area contributed by atoms with Gasteiger partial charge in [0.25, 0.3) is 0 Å². The van der Waals surface area contributed by atoms with E-state index >= 15 is 0 Å². The zero-order valence-corrected chi connectivity index (χ0v) is 14.3. The fraction of sp³-hybridized carbons (Fsp3) is 0.667. The number of hydrogen-bond donors (Lipinski definition) is 1. The van der Waals surface area contributed by atoms with Gasteiger partial charge in [0.1, 0.15) is 5.75 Å². The summed E-state index contributed by atoms with van der Waals surface area (Å²) in [4.78, 5) is 2.50. The number of likely N-dealkylation sites (N-methyl/N-ethyl adjacent to an activating group) is 1. The summed E-state index contributed by atoms with van der Waals surface area (Å²) in [5.74, 6) is 1.61. The molecule has 3 nitrogen and oxygen atoms in total. The molecule has 0 amide bonds. The van der Waals surface area contributed by atoms with Crippen molar-refractivity contribution in [2.45, 2.75) is 52.6 Å². The van der Waals surface area contributed by atoms with Gasteiger partial charge in [0.2, 0.25) is 0 Å². The van der Waals surface area contributed by atoms with Crippen LogP contribution in [-0.4, -0.2) is 31.1 Å². The molecular formula is C18H32N2O. The monoisotopic (exact) mass is 292 g/mol. The van der Waals surface area contributed by atoms with Gasteiger partial charge < -0.3 is 10.5 Å². The van der Waals surface area contributed by atoms with Crippen LogP contribution in [0.1, 0.15) is 52.1 Å². The minimum atomic E-state index is 0.116. The predicted molar refractivity (Wildman–Crippen MR) is 90.7 cm³/mol. The lowest BCUT2D eigenvalue weighted by molar-refractivity contribution is 0.151. The molecule has 0 saturated carbocycles. The summed E-state index contributed by atoms with van der Waals surface area (Å²) < 4.78 is 5.56. The van der Waals surface area contributed by atoms with Crippen LogP contribution >= 0.6 is 0 Å². The van der Waals surface area contributed by atoms with Crippen LogP contribution in [0.2, 0.25) is 0 Å². The maximum atomic E-state index is 6.47. The molecule has 0 aliphatic rings. The molecule has 2 N–H and O–H groups in total. The van der Waals surface area contributed by atoms with Gasteiger partial charge >= 0.3 is 0 Å². The van der Waals surface area contributed by atoms with Gasteiger partial charge in [-0.05, 0) is 24.9 Å². The third kappa shape index (κ3) is 4.72. The fourth-order valence-electron chi connectivity index (χ4n) is 2.80. The van der Waals surface area contributed by atoms with E-state index in [0.29, 0.717) is 5.92 Å². The lowest BCUT2D eigenvalue weighted by Gasteiger charge is -2.37. The first kappa shape index (κ1) is 18.0. The molecule has 21 heavy (non-hydrogen) atoms. The molecule has 1 aromatic rings. The number of benzene rings is 1. The van der Waals surface area contributed by atoms with Gasteiger partial charge in [0.05, 0.1) is 13.2 Å². The normalized spacial score (nSPS) is 15.8. The quantitative estimate of drug-likeness (QED) is 0.751. The van der Waals surface area contributed by atoms with E-state index < -0.39 is 0 Å². The van der Waals surface area contributed by atoms with E-state index in [-0.39, 0.29) is 12.1 Å². The molecule has 0 radical (unpaired) electrons. The molecule has 0 heterocycles. The smallest absolute Gasteiger partial charge is 0.123 e. The van der Waals surface area contributed by atoms with Gasteiger partial charge in [0.15, 0.2) is 0 Å². The van der Waals surface area contributed by atoms with Crippen LogP contribution in [0, 0.1) is 5.92 Å². The Morgan fingerprint density at radius 3 is 2.33 bits per heavy atom. The van der Waals surface area contributed by atoms with Gasteiger partial charge in [-0.1, -0.05) is 52.3 Å². The lowest BCUT2D eigenvalue weighted by Crippen LogP contribution is -2.42. The number of para-hydroxylation sites is 1. The third-order valence-corrected chi connectivity index (χ3v) is 4.38. The Hall–Kier alpha value is -1.06. The van der Waals surface area contributed by atoms with E-state index in [1.807, 2.05) is 12.1 Å².